The normalized spacial score (nSPS) is 19.3. The molecule has 2 nitrogen and oxygen atoms in total. The first kappa shape index (κ1) is 12.5. The van der Waals surface area contributed by atoms with E-state index >= 15 is 0 Å². The van der Waals surface area contributed by atoms with Gasteiger partial charge >= 0.3 is 0 Å². The van der Waals surface area contributed by atoms with Crippen LogP contribution in [0.2, 0.25) is 5.02 Å². The molecule has 1 heterocycles. The Hall–Kier alpha value is -0.990. The van der Waals surface area contributed by atoms with E-state index in [9.17, 15) is 0 Å². The summed E-state index contributed by atoms with van der Waals surface area (Å²) in [5, 5.41) is 4.12. The molecule has 1 N–H and O–H groups in total. The van der Waals surface area contributed by atoms with Crippen molar-refractivity contribution in [2.75, 3.05) is 19.7 Å². The van der Waals surface area contributed by atoms with Crippen molar-refractivity contribution in [3.63, 3.8) is 0 Å². The van der Waals surface area contributed by atoms with E-state index in [1.165, 1.54) is 11.1 Å². The van der Waals surface area contributed by atoms with Crippen molar-refractivity contribution in [2.45, 2.75) is 19.3 Å². The fraction of sp³-hybridized carbons (Fsp3) is 0.429. The lowest BCUT2D eigenvalue weighted by Crippen LogP contribution is -2.18. The Bertz CT molecular complexity index is 417. The number of nitrogens with one attached hydrogen (secondary N) is 1. The first-order valence-corrected chi connectivity index (χ1v) is 6.37. The van der Waals surface area contributed by atoms with Crippen LogP contribution in [0.15, 0.2) is 24.8 Å². The molecule has 0 aliphatic carbocycles. The van der Waals surface area contributed by atoms with Gasteiger partial charge in [-0.25, -0.2) is 0 Å². The minimum atomic E-state index is 0.492. The lowest BCUT2D eigenvalue weighted by Gasteiger charge is -2.15. The molecule has 0 unspecified atom stereocenters. The van der Waals surface area contributed by atoms with E-state index in [-0.39, 0.29) is 0 Å². The molecule has 0 amide bonds. The van der Waals surface area contributed by atoms with Crippen LogP contribution in [0.1, 0.15) is 24.0 Å². The first-order chi connectivity index (χ1) is 8.22. The molecule has 1 aromatic rings. The molecular weight excluding hydrogens is 234 g/mol. The predicted molar refractivity (Wildman–Crippen MR) is 72.1 cm³/mol. The Balaban J connectivity index is 2.33. The Labute approximate surface area is 108 Å². The maximum atomic E-state index is 6.24. The summed E-state index contributed by atoms with van der Waals surface area (Å²) in [6, 6.07) is 4.12. The second-order valence-corrected chi connectivity index (χ2v) is 4.84. The van der Waals surface area contributed by atoms with E-state index in [0.717, 1.165) is 25.3 Å². The summed E-state index contributed by atoms with van der Waals surface area (Å²) in [6.45, 7) is 8.38. The van der Waals surface area contributed by atoms with E-state index in [1.54, 1.807) is 6.08 Å². The third-order valence-electron chi connectivity index (χ3n) is 3.10. The van der Waals surface area contributed by atoms with Gasteiger partial charge < -0.3 is 10.1 Å². The van der Waals surface area contributed by atoms with E-state index in [2.05, 4.69) is 24.9 Å². The van der Waals surface area contributed by atoms with Crippen LogP contribution >= 0.6 is 11.6 Å². The van der Waals surface area contributed by atoms with Gasteiger partial charge in [-0.2, -0.15) is 0 Å². The molecule has 0 bridgehead atoms. The molecule has 3 heteroatoms. The molecule has 1 aliphatic heterocycles. The fourth-order valence-corrected chi connectivity index (χ4v) is 2.42. The molecule has 0 saturated carbocycles. The summed E-state index contributed by atoms with van der Waals surface area (Å²) in [6.07, 6.45) is 2.76. The summed E-state index contributed by atoms with van der Waals surface area (Å²) in [7, 11) is 0. The Morgan fingerprint density at radius 3 is 3.18 bits per heavy atom. The van der Waals surface area contributed by atoms with Crippen molar-refractivity contribution in [1.82, 2.24) is 5.32 Å². The van der Waals surface area contributed by atoms with Gasteiger partial charge in [-0.15, -0.1) is 0 Å². The monoisotopic (exact) mass is 251 g/mol. The van der Waals surface area contributed by atoms with Crippen LogP contribution in [0, 0.1) is 0 Å². The zero-order valence-electron chi connectivity index (χ0n) is 10.1. The molecule has 0 radical (unpaired) electrons. The van der Waals surface area contributed by atoms with E-state index in [1.807, 2.05) is 6.07 Å². The molecule has 0 saturated heterocycles. The van der Waals surface area contributed by atoms with Gasteiger partial charge in [0.2, 0.25) is 0 Å². The Kier molecular flexibility index (Phi) is 4.08. The number of halogens is 1. The molecule has 1 aliphatic rings. The lowest BCUT2D eigenvalue weighted by molar-refractivity contribution is 0.363. The van der Waals surface area contributed by atoms with Gasteiger partial charge in [-0.1, -0.05) is 31.2 Å². The minimum Gasteiger partial charge on any atom is -0.488 e. The van der Waals surface area contributed by atoms with E-state index < -0.39 is 0 Å². The van der Waals surface area contributed by atoms with Gasteiger partial charge in [0, 0.05) is 6.54 Å². The second kappa shape index (κ2) is 5.56. The number of ether oxygens (including phenoxy) is 1. The number of fused-ring (bicyclic) bond motifs is 1. The highest BCUT2D eigenvalue weighted by Gasteiger charge is 2.17. The van der Waals surface area contributed by atoms with Crippen molar-refractivity contribution in [1.29, 1.82) is 0 Å². The highest BCUT2D eigenvalue weighted by molar-refractivity contribution is 6.32. The summed E-state index contributed by atoms with van der Waals surface area (Å²) < 4.78 is 5.56. The smallest absolute Gasteiger partial charge is 0.138 e. The standard InChI is InChI=1S/C14H18ClNO/c1-3-6-17-14-7-11-4-5-16-9-10(2)12(11)8-13(14)15/h3,7-8,10,16H,1,4-6,9H2,2H3/t10-/m1/s1. The van der Waals surface area contributed by atoms with Crippen LogP contribution in [0.5, 0.6) is 5.75 Å². The summed E-state index contributed by atoms with van der Waals surface area (Å²) >= 11 is 6.24. The van der Waals surface area contributed by atoms with Gasteiger partial charge in [0.1, 0.15) is 12.4 Å². The van der Waals surface area contributed by atoms with Crippen molar-refractivity contribution >= 4 is 11.6 Å². The van der Waals surface area contributed by atoms with Gasteiger partial charge in [-0.05, 0) is 42.1 Å². The van der Waals surface area contributed by atoms with Crippen LogP contribution < -0.4 is 10.1 Å². The molecule has 1 atom stereocenters. The molecule has 0 spiro atoms. The quantitative estimate of drug-likeness (QED) is 0.834. The lowest BCUT2D eigenvalue weighted by atomic mass is 9.95. The van der Waals surface area contributed by atoms with Gasteiger partial charge in [0.25, 0.3) is 0 Å². The number of rotatable bonds is 3. The van der Waals surface area contributed by atoms with Crippen LogP contribution in [0.3, 0.4) is 0 Å². The average Bonchev–Trinajstić information content (AvgIpc) is 2.49. The largest absolute Gasteiger partial charge is 0.488 e. The number of hydrogen-bond donors (Lipinski definition) is 1. The molecule has 92 valence electrons. The van der Waals surface area contributed by atoms with E-state index in [4.69, 9.17) is 16.3 Å². The fourth-order valence-electron chi connectivity index (χ4n) is 2.20. The summed E-state index contributed by atoms with van der Waals surface area (Å²) in [5.41, 5.74) is 2.68. The summed E-state index contributed by atoms with van der Waals surface area (Å²) in [5.74, 6) is 1.26. The first-order valence-electron chi connectivity index (χ1n) is 5.99. The molecular formula is C14H18ClNO. The van der Waals surface area contributed by atoms with Gasteiger partial charge in [0.15, 0.2) is 0 Å². The highest BCUT2D eigenvalue weighted by atomic mass is 35.5. The van der Waals surface area contributed by atoms with Crippen molar-refractivity contribution < 1.29 is 4.74 Å². The Morgan fingerprint density at radius 1 is 1.59 bits per heavy atom. The van der Waals surface area contributed by atoms with Crippen LogP contribution in [-0.4, -0.2) is 19.7 Å². The third kappa shape index (κ3) is 2.82. The number of hydrogen-bond acceptors (Lipinski definition) is 2. The predicted octanol–water partition coefficient (Wildman–Crippen LogP) is 3.15. The van der Waals surface area contributed by atoms with Crippen molar-refractivity contribution in [3.8, 4) is 5.75 Å². The molecule has 0 aromatic heterocycles. The molecule has 2 rings (SSSR count). The maximum absolute atomic E-state index is 6.24. The van der Waals surface area contributed by atoms with E-state index in [0.29, 0.717) is 17.5 Å². The molecule has 1 aromatic carbocycles. The van der Waals surface area contributed by atoms with Crippen molar-refractivity contribution in [3.05, 3.63) is 40.9 Å². The summed E-state index contributed by atoms with van der Waals surface area (Å²) in [4.78, 5) is 0. The van der Waals surface area contributed by atoms with Gasteiger partial charge in [0.05, 0.1) is 5.02 Å². The average molecular weight is 252 g/mol. The zero-order valence-corrected chi connectivity index (χ0v) is 10.9. The Morgan fingerprint density at radius 2 is 2.41 bits per heavy atom. The van der Waals surface area contributed by atoms with Crippen molar-refractivity contribution in [2.24, 2.45) is 0 Å². The van der Waals surface area contributed by atoms with Crippen LogP contribution in [0.25, 0.3) is 0 Å². The highest BCUT2D eigenvalue weighted by Crippen LogP contribution is 2.33. The third-order valence-corrected chi connectivity index (χ3v) is 3.40. The SMILES string of the molecule is C=CCOc1cc2c(cc1Cl)[C@H](C)CNCC2. The molecule has 0 fully saturated rings. The molecule has 17 heavy (non-hydrogen) atoms. The topological polar surface area (TPSA) is 21.3 Å². The zero-order chi connectivity index (χ0) is 12.3. The van der Waals surface area contributed by atoms with Gasteiger partial charge in [-0.3, -0.25) is 0 Å². The van der Waals surface area contributed by atoms with Crippen LogP contribution in [-0.2, 0) is 6.42 Å². The second-order valence-electron chi connectivity index (χ2n) is 4.44. The minimum absolute atomic E-state index is 0.492. The van der Waals surface area contributed by atoms with Crippen LogP contribution in [0.4, 0.5) is 0 Å². The maximum Gasteiger partial charge on any atom is 0.138 e. The number of benzene rings is 1.